The number of rotatable bonds is 10. The van der Waals surface area contributed by atoms with E-state index in [0.29, 0.717) is 0 Å². The Morgan fingerprint density at radius 3 is 2.29 bits per heavy atom. The summed E-state index contributed by atoms with van der Waals surface area (Å²) in [6, 6.07) is 6.33. The van der Waals surface area contributed by atoms with Gasteiger partial charge in [-0.2, -0.15) is 13.2 Å². The predicted molar refractivity (Wildman–Crippen MR) is 188 cm³/mol. The van der Waals surface area contributed by atoms with Crippen LogP contribution in [-0.4, -0.2) is 105 Å². The molecule has 59 heavy (non-hydrogen) atoms. The van der Waals surface area contributed by atoms with Crippen LogP contribution in [0.1, 0.15) is 86.1 Å². The zero-order valence-corrected chi connectivity index (χ0v) is 31.0. The van der Waals surface area contributed by atoms with Gasteiger partial charge in [0.2, 0.25) is 11.6 Å². The maximum Gasteiger partial charge on any atom is 0.471 e. The lowest BCUT2D eigenvalue weighted by molar-refractivity contribution is -0.384. The van der Waals surface area contributed by atoms with Crippen LogP contribution >= 0.6 is 0 Å². The van der Waals surface area contributed by atoms with E-state index in [0.717, 1.165) is 31.2 Å². The molecule has 6 rings (SSSR count). The minimum Gasteiger partial charge on any atom is -0.507 e. The molecule has 3 aliphatic rings. The standard InChI is InChI=1S/C38H33F3N2O16/c1-15-34(59-35(50)17-7-9-18(10-8-17)43(53)54)21(42-36(51)38(39,40)41)11-25(57-15)58-23-13-37(52,24(45)14-56-16(2)44)12-20-27(23)33(49)29-28(31(20)47)30(46)19-5-4-6-22(55-3)26(19)32(29)48/h4-10,15,21,23,25,34,47,49,52H,11-14H2,1-3H3,(H,42,51)/t15-,21-,23-,25+,34+,37-/m0/s1. The van der Waals surface area contributed by atoms with Gasteiger partial charge in [-0.1, -0.05) is 12.1 Å². The normalized spacial score (nSPS) is 23.5. The number of fused-ring (bicyclic) bond motifs is 3. The zero-order valence-electron chi connectivity index (χ0n) is 31.0. The molecule has 0 unspecified atom stereocenters. The molecule has 1 aliphatic heterocycles. The second-order valence-corrected chi connectivity index (χ2v) is 13.9. The molecule has 3 aromatic rings. The lowest BCUT2D eigenvalue weighted by atomic mass is 9.72. The van der Waals surface area contributed by atoms with Gasteiger partial charge in [-0.25, -0.2) is 4.79 Å². The molecule has 0 spiro atoms. The zero-order chi connectivity index (χ0) is 43.3. The van der Waals surface area contributed by atoms with Gasteiger partial charge in [-0.15, -0.1) is 0 Å². The largest absolute Gasteiger partial charge is 0.507 e. The molecule has 4 N–H and O–H groups in total. The van der Waals surface area contributed by atoms with Crippen LogP contribution < -0.4 is 10.1 Å². The third kappa shape index (κ3) is 7.90. The van der Waals surface area contributed by atoms with Crippen molar-refractivity contribution in [2.75, 3.05) is 13.7 Å². The second kappa shape index (κ2) is 15.7. The molecule has 1 fully saturated rings. The van der Waals surface area contributed by atoms with E-state index in [4.69, 9.17) is 23.7 Å². The van der Waals surface area contributed by atoms with Crippen LogP contribution in [0, 0.1) is 10.1 Å². The van der Waals surface area contributed by atoms with Crippen molar-refractivity contribution in [1.82, 2.24) is 5.32 Å². The number of non-ortho nitro benzene ring substituents is 1. The molecule has 3 aromatic carbocycles. The number of nitro benzene ring substituents is 1. The highest BCUT2D eigenvalue weighted by molar-refractivity contribution is 6.31. The van der Waals surface area contributed by atoms with E-state index in [1.165, 1.54) is 32.2 Å². The number of ether oxygens (including phenoxy) is 5. The fourth-order valence-corrected chi connectivity index (χ4v) is 7.34. The van der Waals surface area contributed by atoms with E-state index >= 15 is 0 Å². The Bertz CT molecular complexity index is 2290. The Morgan fingerprint density at radius 1 is 1.02 bits per heavy atom. The summed E-state index contributed by atoms with van der Waals surface area (Å²) >= 11 is 0. The number of amides is 1. The van der Waals surface area contributed by atoms with Crippen molar-refractivity contribution in [3.8, 4) is 17.2 Å². The van der Waals surface area contributed by atoms with Crippen molar-refractivity contribution in [2.24, 2.45) is 0 Å². The number of hydrogen-bond acceptors (Lipinski definition) is 16. The van der Waals surface area contributed by atoms with E-state index in [1.54, 1.807) is 5.32 Å². The molecule has 0 bridgehead atoms. The third-order valence-electron chi connectivity index (χ3n) is 10.1. The maximum atomic E-state index is 14.0. The first-order valence-corrected chi connectivity index (χ1v) is 17.6. The van der Waals surface area contributed by atoms with Crippen molar-refractivity contribution in [1.29, 1.82) is 0 Å². The van der Waals surface area contributed by atoms with E-state index in [2.05, 4.69) is 0 Å². The number of hydrogen-bond donors (Lipinski definition) is 4. The van der Waals surface area contributed by atoms with Crippen molar-refractivity contribution in [2.45, 2.75) is 75.5 Å². The number of methoxy groups -OCH3 is 1. The molecule has 18 nitrogen and oxygen atoms in total. The first-order chi connectivity index (χ1) is 27.7. The Hall–Kier alpha value is -6.45. The number of alkyl halides is 3. The van der Waals surface area contributed by atoms with Gasteiger partial charge in [0, 0.05) is 55.0 Å². The number of aromatic hydroxyl groups is 2. The van der Waals surface area contributed by atoms with Gasteiger partial charge in [-0.05, 0) is 25.1 Å². The average molecular weight is 831 g/mol. The maximum absolute atomic E-state index is 14.0. The van der Waals surface area contributed by atoms with Crippen LogP contribution in [0.5, 0.6) is 17.2 Å². The molecule has 21 heteroatoms. The predicted octanol–water partition coefficient (Wildman–Crippen LogP) is 3.06. The average Bonchev–Trinajstić information content (AvgIpc) is 3.17. The smallest absolute Gasteiger partial charge is 0.471 e. The highest BCUT2D eigenvalue weighted by Gasteiger charge is 2.52. The van der Waals surface area contributed by atoms with Crippen molar-refractivity contribution < 1.29 is 85.9 Å². The number of esters is 2. The molecule has 6 atom stereocenters. The number of phenolic OH excluding ortho intramolecular Hbond substituents is 2. The van der Waals surface area contributed by atoms with Gasteiger partial charge in [0.05, 0.1) is 52.5 Å². The summed E-state index contributed by atoms with van der Waals surface area (Å²) in [6.07, 6.45) is -14.4. The van der Waals surface area contributed by atoms with Crippen LogP contribution in [0.4, 0.5) is 18.9 Å². The molecule has 0 aromatic heterocycles. The highest BCUT2D eigenvalue weighted by Crippen LogP contribution is 2.52. The number of benzene rings is 3. The summed E-state index contributed by atoms with van der Waals surface area (Å²) in [6.45, 7) is 1.23. The molecule has 2 aliphatic carbocycles. The Morgan fingerprint density at radius 2 is 1.68 bits per heavy atom. The third-order valence-corrected chi connectivity index (χ3v) is 10.1. The lowest BCUT2D eigenvalue weighted by Crippen LogP contribution is -2.59. The number of carbonyl (C=O) groups excluding carboxylic acids is 6. The fraction of sp³-hybridized carbons (Fsp3) is 0.368. The SMILES string of the molecule is COc1cccc2c1C(=O)c1c(O)c3c(c(O)c1C2=O)C[C@@](O)(C(=O)COC(C)=O)C[C@@H]3O[C@@H]1C[C@H](NC(=O)C(F)(F)F)[C@H](OC(=O)c2ccc([N+](=O)[O-])cc2)[C@H](C)O1. The van der Waals surface area contributed by atoms with Gasteiger partial charge >= 0.3 is 24.0 Å². The Kier molecular flexibility index (Phi) is 11.2. The molecule has 0 saturated carbocycles. The van der Waals surface area contributed by atoms with E-state index in [1.807, 2.05) is 0 Å². The molecule has 0 radical (unpaired) electrons. The van der Waals surface area contributed by atoms with Crippen molar-refractivity contribution in [3.63, 3.8) is 0 Å². The quantitative estimate of drug-likeness (QED) is 0.0774. The minimum atomic E-state index is -5.43. The summed E-state index contributed by atoms with van der Waals surface area (Å²) in [5.74, 6) is -9.47. The fourth-order valence-electron chi connectivity index (χ4n) is 7.34. The lowest BCUT2D eigenvalue weighted by Gasteiger charge is -2.43. The van der Waals surface area contributed by atoms with Crippen molar-refractivity contribution >= 4 is 40.9 Å². The van der Waals surface area contributed by atoms with Crippen LogP contribution in [0.3, 0.4) is 0 Å². The van der Waals surface area contributed by atoms with Gasteiger partial charge in [0.1, 0.15) is 29.0 Å². The summed E-state index contributed by atoms with van der Waals surface area (Å²) < 4.78 is 68.1. The Labute approximate surface area is 329 Å². The summed E-state index contributed by atoms with van der Waals surface area (Å²) in [5, 5.41) is 48.0. The molecule has 312 valence electrons. The van der Waals surface area contributed by atoms with Crippen molar-refractivity contribution in [3.05, 3.63) is 91.5 Å². The van der Waals surface area contributed by atoms with Gasteiger partial charge < -0.3 is 44.3 Å². The number of nitro groups is 1. The number of Topliss-reactive ketones (excluding diaryl/α,β-unsaturated/α-hetero) is 1. The Balaban J connectivity index is 1.40. The number of halogens is 3. The molecular formula is C38H33F3N2O16. The molecule has 1 saturated heterocycles. The number of aliphatic hydroxyl groups is 1. The van der Waals surface area contributed by atoms with Gasteiger partial charge in [0.25, 0.3) is 5.69 Å². The highest BCUT2D eigenvalue weighted by atomic mass is 19.4. The van der Waals surface area contributed by atoms with Crippen LogP contribution in [0.15, 0.2) is 42.5 Å². The monoisotopic (exact) mass is 830 g/mol. The minimum absolute atomic E-state index is 0.0540. The van der Waals surface area contributed by atoms with Crippen LogP contribution in [0.2, 0.25) is 0 Å². The van der Waals surface area contributed by atoms with Crippen LogP contribution in [-0.2, 0) is 39.8 Å². The number of nitrogens with zero attached hydrogens (tertiary/aromatic N) is 1. The summed E-state index contributed by atoms with van der Waals surface area (Å²) in [4.78, 5) is 88.4. The molecular weight excluding hydrogens is 797 g/mol. The second-order valence-electron chi connectivity index (χ2n) is 13.9. The first kappa shape index (κ1) is 42.2. The van der Waals surface area contributed by atoms with E-state index < -0.39 is 142 Å². The van der Waals surface area contributed by atoms with Crippen LogP contribution in [0.25, 0.3) is 0 Å². The van der Waals surface area contributed by atoms with E-state index in [-0.39, 0.29) is 28.1 Å². The number of carbonyl (C=O) groups is 6. The number of ketones is 3. The topological polar surface area (TPSA) is 264 Å². The molecule has 1 amide bonds. The van der Waals surface area contributed by atoms with E-state index in [9.17, 15) is 67.4 Å². The van der Waals surface area contributed by atoms with Gasteiger partial charge in [0.15, 0.2) is 18.7 Å². The number of phenols is 2. The number of nitrogens with one attached hydrogen (secondary N) is 1. The first-order valence-electron chi connectivity index (χ1n) is 17.6. The summed E-state index contributed by atoms with van der Waals surface area (Å²) in [5.41, 5.74) is -5.93. The summed E-state index contributed by atoms with van der Waals surface area (Å²) in [7, 11) is 1.22. The van der Waals surface area contributed by atoms with Gasteiger partial charge in [-0.3, -0.25) is 34.1 Å². The molecule has 1 heterocycles.